The van der Waals surface area contributed by atoms with Crippen LogP contribution in [0.5, 0.6) is 0 Å². The molecule has 2 nitrogen and oxygen atoms in total. The maximum atomic E-state index is 7.09. The number of hydrogen-bond donors (Lipinski definition) is 0. The Balaban J connectivity index is 3.32. The first-order valence-corrected chi connectivity index (χ1v) is 24.6. The van der Waals surface area contributed by atoms with E-state index in [4.69, 9.17) is 54.7 Å². The Morgan fingerprint density at radius 3 is 1.56 bits per heavy atom. The van der Waals surface area contributed by atoms with Crippen molar-refractivity contribution in [3.63, 3.8) is 0 Å². The molecule has 1 saturated carbocycles. The smallest absolute Gasteiger partial charge is 0.176 e. The second-order valence-corrected chi connectivity index (χ2v) is 30.2. The van der Waals surface area contributed by atoms with Gasteiger partial charge in [-0.15, -0.1) is 4.74 Å². The summed E-state index contributed by atoms with van der Waals surface area (Å²) in [6.45, 7) is 17.2. The van der Waals surface area contributed by atoms with E-state index in [0.29, 0.717) is 11.5 Å². The highest BCUT2D eigenvalue weighted by Crippen LogP contribution is 2.48. The van der Waals surface area contributed by atoms with Gasteiger partial charge in [-0.3, -0.25) is 0 Å². The zero-order valence-corrected chi connectivity index (χ0v) is 26.2. The molecule has 0 aromatic heterocycles. The van der Waals surface area contributed by atoms with E-state index >= 15 is 0 Å². The van der Waals surface area contributed by atoms with E-state index < -0.39 is 57.5 Å². The lowest BCUT2D eigenvalue weighted by molar-refractivity contribution is 0.512. The summed E-state index contributed by atoms with van der Waals surface area (Å²) in [6.07, 6.45) is 4.98. The summed E-state index contributed by atoms with van der Waals surface area (Å²) in [6, 6.07) is 0. The zero-order chi connectivity index (χ0) is 25.3. The van der Waals surface area contributed by atoms with Crippen molar-refractivity contribution in [2.45, 2.75) is 101 Å². The van der Waals surface area contributed by atoms with E-state index in [-0.39, 0.29) is 6.49 Å². The van der Waals surface area contributed by atoms with Crippen molar-refractivity contribution >= 4 is 106 Å². The second kappa shape index (κ2) is 11.2. The molecule has 0 aromatic carbocycles. The van der Waals surface area contributed by atoms with Gasteiger partial charge in [-0.1, -0.05) is 31.6 Å². The van der Waals surface area contributed by atoms with Crippen LogP contribution in [0.3, 0.4) is 0 Å². The van der Waals surface area contributed by atoms with Crippen LogP contribution in [-0.2, 0) is 8.23 Å². The summed E-state index contributed by atoms with van der Waals surface area (Å²) < 4.78 is 12.6. The molecule has 0 aliphatic heterocycles. The highest BCUT2D eigenvalue weighted by molar-refractivity contribution is 7.68. The summed E-state index contributed by atoms with van der Waals surface area (Å²) in [7, 11) is 31.1. The van der Waals surface area contributed by atoms with Crippen LogP contribution in [0.15, 0.2) is 0 Å². The maximum absolute atomic E-state index is 7.09. The molecule has 16 heteroatoms. The molecule has 1 fully saturated rings. The van der Waals surface area contributed by atoms with Gasteiger partial charge in [-0.25, -0.2) is 0 Å². The van der Waals surface area contributed by atoms with Crippen molar-refractivity contribution < 1.29 is 8.23 Å². The van der Waals surface area contributed by atoms with Crippen LogP contribution in [0.2, 0.25) is 75.1 Å². The number of rotatable bonds is 12. The van der Waals surface area contributed by atoms with Crippen molar-refractivity contribution in [3.8, 4) is 0 Å². The molecule has 0 spiro atoms. The van der Waals surface area contributed by atoms with E-state index in [1.807, 2.05) is 0 Å². The Morgan fingerprint density at radius 2 is 1.19 bits per heavy atom. The van der Waals surface area contributed by atoms with Gasteiger partial charge in [0.2, 0.25) is 0 Å². The van der Waals surface area contributed by atoms with Gasteiger partial charge >= 0.3 is 0 Å². The van der Waals surface area contributed by atoms with Crippen molar-refractivity contribution in [1.29, 1.82) is 0 Å². The van der Waals surface area contributed by atoms with Crippen molar-refractivity contribution in [1.82, 2.24) is 0 Å². The Morgan fingerprint density at radius 1 is 0.750 bits per heavy atom. The highest BCUT2D eigenvalue weighted by atomic mass is 28.4. The van der Waals surface area contributed by atoms with E-state index in [1.165, 1.54) is 25.7 Å². The molecule has 0 unspecified atom stereocenters. The summed E-state index contributed by atoms with van der Waals surface area (Å²) in [5.74, 6) is 0.688. The van der Waals surface area contributed by atoms with Crippen LogP contribution >= 0.6 is 0 Å². The fraction of sp³-hybridized carbons (Fsp3) is 1.00. The van der Waals surface area contributed by atoms with Gasteiger partial charge in [0.15, 0.2) is 33.3 Å². The molecule has 160 valence electrons. The maximum Gasteiger partial charge on any atom is 0.176 e. The van der Waals surface area contributed by atoms with E-state index in [9.17, 15) is 0 Å². The van der Waals surface area contributed by atoms with Gasteiger partial charge in [-0.2, -0.15) is 0 Å². The summed E-state index contributed by atoms with van der Waals surface area (Å²) in [4.78, 5) is 0. The minimum absolute atomic E-state index is 0.385. The van der Waals surface area contributed by atoms with Gasteiger partial charge in [-0.05, 0) is 64.5 Å². The van der Waals surface area contributed by atoms with Crippen molar-refractivity contribution in [2.75, 3.05) is 0 Å². The molecule has 0 heterocycles. The third-order valence-corrected chi connectivity index (χ3v) is 23.2. The SMILES string of the molecule is [B]B(C[Si](C)(C)O[Si](C)(C)C)B([B])C(B([B])[B])(B([B])[B])[Si](C)(C)O[Si](C)(C)C1CCCC1. The number of hydrogen-bond acceptors (Lipinski definition) is 2. The first-order chi connectivity index (χ1) is 14.2. The molecular formula is C16H38B10O2Si4. The molecular weight excluding hydrogens is 445 g/mol. The van der Waals surface area contributed by atoms with Crippen LogP contribution in [0.25, 0.3) is 0 Å². The van der Waals surface area contributed by atoms with Crippen LogP contribution in [-0.4, -0.2) is 106 Å². The predicted octanol–water partition coefficient (Wildman–Crippen LogP) is 2.36. The van der Waals surface area contributed by atoms with E-state index in [2.05, 4.69) is 58.9 Å². The Labute approximate surface area is 214 Å². The average Bonchev–Trinajstić information content (AvgIpc) is 3.05. The minimum atomic E-state index is -2.72. The first-order valence-electron chi connectivity index (χ1n) is 12.1. The van der Waals surface area contributed by atoms with Crippen LogP contribution in [0, 0.1) is 0 Å². The fourth-order valence-electron chi connectivity index (χ4n) is 6.24. The lowest BCUT2D eigenvalue weighted by Crippen LogP contribution is -2.75. The molecule has 0 bridgehead atoms. The molecule has 0 amide bonds. The molecule has 1 aliphatic carbocycles. The lowest BCUT2D eigenvalue weighted by atomic mass is 8.77. The summed E-state index contributed by atoms with van der Waals surface area (Å²) >= 11 is 0. The first kappa shape index (κ1) is 31.5. The van der Waals surface area contributed by atoms with Gasteiger partial charge in [0, 0.05) is 65.9 Å². The zero-order valence-electron chi connectivity index (χ0n) is 22.2. The largest absolute Gasteiger partial charge is 0.457 e. The molecule has 32 heavy (non-hydrogen) atoms. The molecule has 0 aromatic rings. The molecule has 0 N–H and O–H groups in total. The second-order valence-electron chi connectivity index (χ2n) is 12.5. The monoisotopic (exact) mass is 484 g/mol. The standard InChI is InChI=1S/C16H38B10O2Si4/c1-29(2,3)27-30(4,5)14-23(17)26(22)16(24(18)19,25(20)21)32(8,9)28-31(6,7)15-12-10-11-13-15/h15H,10-14H2,1-9H3. The normalized spacial score (nSPS) is 16.8. The molecule has 1 rings (SSSR count). The summed E-state index contributed by atoms with van der Waals surface area (Å²) in [5.41, 5.74) is 0.622. The third kappa shape index (κ3) is 7.47. The van der Waals surface area contributed by atoms with Gasteiger partial charge in [0.05, 0.1) is 6.49 Å². The lowest BCUT2D eigenvalue weighted by Gasteiger charge is -2.59. The molecule has 0 atom stereocenters. The Bertz CT molecular complexity index is 604. The van der Waals surface area contributed by atoms with Crippen LogP contribution in [0.1, 0.15) is 25.7 Å². The van der Waals surface area contributed by atoms with E-state index in [1.54, 1.807) is 0 Å². The van der Waals surface area contributed by atoms with Crippen LogP contribution in [0.4, 0.5) is 0 Å². The molecule has 1 aliphatic rings. The molecule has 12 radical (unpaired) electrons. The topological polar surface area (TPSA) is 18.5 Å². The van der Waals surface area contributed by atoms with Crippen molar-refractivity contribution in [2.24, 2.45) is 0 Å². The quantitative estimate of drug-likeness (QED) is 0.398. The van der Waals surface area contributed by atoms with Gasteiger partial charge in [0.1, 0.15) is 0 Å². The average molecular weight is 483 g/mol. The van der Waals surface area contributed by atoms with Crippen molar-refractivity contribution in [3.05, 3.63) is 0 Å². The summed E-state index contributed by atoms with van der Waals surface area (Å²) in [5, 5.41) is 0. The van der Waals surface area contributed by atoms with Crippen LogP contribution < -0.4 is 0 Å². The fourth-order valence-corrected chi connectivity index (χ4v) is 25.6. The predicted molar refractivity (Wildman–Crippen MR) is 165 cm³/mol. The highest BCUT2D eigenvalue weighted by Gasteiger charge is 2.58. The Hall–Kier alpha value is 1.44. The third-order valence-electron chi connectivity index (χ3n) is 7.33. The van der Waals surface area contributed by atoms with Gasteiger partial charge < -0.3 is 8.23 Å². The van der Waals surface area contributed by atoms with Gasteiger partial charge in [0.25, 0.3) is 0 Å². The molecule has 0 saturated heterocycles. The Kier molecular flexibility index (Phi) is 11.0. The minimum Gasteiger partial charge on any atom is -0.457 e. The van der Waals surface area contributed by atoms with E-state index in [0.717, 1.165) is 0 Å².